The molecule has 1 rings (SSSR count). The summed E-state index contributed by atoms with van der Waals surface area (Å²) in [6.07, 6.45) is 7.89. The lowest BCUT2D eigenvalue weighted by atomic mass is 10.1. The number of rotatable bonds is 2. The zero-order valence-electron chi connectivity index (χ0n) is 6.63. The highest BCUT2D eigenvalue weighted by Crippen LogP contribution is 2.19. The molecule has 0 atom stereocenters. The van der Waals surface area contributed by atoms with E-state index in [2.05, 4.69) is 22.0 Å². The minimum absolute atomic E-state index is 0.318. The van der Waals surface area contributed by atoms with Crippen LogP contribution in [0.5, 0.6) is 0 Å². The van der Waals surface area contributed by atoms with Crippen LogP contribution in [-0.4, -0.2) is 12.6 Å². The highest BCUT2D eigenvalue weighted by molar-refractivity contribution is 9.12. The first-order valence-corrected chi connectivity index (χ1v) is 4.37. The van der Waals surface area contributed by atoms with Gasteiger partial charge in [0.2, 0.25) is 0 Å². The third-order valence-electron chi connectivity index (χ3n) is 1.31. The number of hydrogen-bond donors (Lipinski definition) is 0. The van der Waals surface area contributed by atoms with Gasteiger partial charge in [-0.3, -0.25) is 0 Å². The molecule has 0 aliphatic heterocycles. The summed E-state index contributed by atoms with van der Waals surface area (Å²) >= 11 is 3.25. The molecule has 0 radical (unpaired) electrons. The Morgan fingerprint density at radius 3 is 3.08 bits per heavy atom. The molecule has 0 aromatic rings. The molecule has 0 unspecified atom stereocenters. The predicted octanol–water partition coefficient (Wildman–Crippen LogP) is 2.13. The van der Waals surface area contributed by atoms with Crippen LogP contribution in [0.25, 0.3) is 0 Å². The van der Waals surface area contributed by atoms with E-state index in [0.717, 1.165) is 4.48 Å². The fourth-order valence-electron chi connectivity index (χ4n) is 0.777. The second-order valence-electron chi connectivity index (χ2n) is 2.13. The van der Waals surface area contributed by atoms with Crippen LogP contribution < -0.4 is 0 Å². The van der Waals surface area contributed by atoms with E-state index < -0.39 is 0 Å². The van der Waals surface area contributed by atoms with Crippen molar-refractivity contribution in [1.82, 2.24) is 0 Å². The third kappa shape index (κ3) is 2.03. The van der Waals surface area contributed by atoms with Crippen molar-refractivity contribution >= 4 is 21.9 Å². The molecule has 0 bridgehead atoms. The Morgan fingerprint density at radius 2 is 2.50 bits per heavy atom. The maximum absolute atomic E-state index is 11.2. The molecule has 0 N–H and O–H groups in total. The average molecular weight is 228 g/mol. The Morgan fingerprint density at radius 1 is 1.75 bits per heavy atom. The topological polar surface area (TPSA) is 26.3 Å². The molecule has 1 aliphatic carbocycles. The Labute approximate surface area is 79.7 Å². The molecule has 0 fully saturated rings. The zero-order valence-corrected chi connectivity index (χ0v) is 8.22. The minimum Gasteiger partial charge on any atom is -0.452 e. The van der Waals surface area contributed by atoms with Crippen molar-refractivity contribution in [3.8, 4) is 0 Å². The zero-order chi connectivity index (χ0) is 8.97. The summed E-state index contributed by atoms with van der Waals surface area (Å²) in [6.45, 7) is 2.17. The van der Waals surface area contributed by atoms with E-state index >= 15 is 0 Å². The Hall–Kier alpha value is -0.920. The largest absolute Gasteiger partial charge is 0.452 e. The summed E-state index contributed by atoms with van der Waals surface area (Å²) < 4.78 is 5.56. The van der Waals surface area contributed by atoms with Crippen LogP contribution in [0.4, 0.5) is 0 Å². The quantitative estimate of drug-likeness (QED) is 0.534. The smallest absolute Gasteiger partial charge is 0.398 e. The van der Waals surface area contributed by atoms with Gasteiger partial charge in [0.15, 0.2) is 5.57 Å². The molecule has 0 spiro atoms. The van der Waals surface area contributed by atoms with Crippen LogP contribution in [0, 0.1) is 6.08 Å². The fourth-order valence-corrected chi connectivity index (χ4v) is 1.19. The van der Waals surface area contributed by atoms with E-state index in [1.165, 1.54) is 0 Å². The van der Waals surface area contributed by atoms with Gasteiger partial charge in [-0.05, 0) is 22.9 Å². The van der Waals surface area contributed by atoms with Crippen LogP contribution in [0.3, 0.4) is 0 Å². The number of carbonyl (C=O) groups excluding carboxylic acids is 1. The molecular formula is C9H8BrO2+. The standard InChI is InChI=1S/C9H8BrO2/c1-2-12-9(11)7-5-3-4-6-8(7)10/h4-6H,2H2,1H3/q+1. The molecular weight excluding hydrogens is 220 g/mol. The van der Waals surface area contributed by atoms with Gasteiger partial charge in [0.05, 0.1) is 12.7 Å². The summed E-state index contributed by atoms with van der Waals surface area (Å²) in [4.78, 5) is 11.2. The van der Waals surface area contributed by atoms with Gasteiger partial charge >= 0.3 is 5.97 Å². The Kier molecular flexibility index (Phi) is 3.20. The summed E-state index contributed by atoms with van der Waals surface area (Å²) in [7, 11) is 0. The van der Waals surface area contributed by atoms with E-state index in [4.69, 9.17) is 4.74 Å². The van der Waals surface area contributed by atoms with Crippen molar-refractivity contribution < 1.29 is 9.53 Å². The van der Waals surface area contributed by atoms with Gasteiger partial charge < -0.3 is 4.74 Å². The van der Waals surface area contributed by atoms with Crippen molar-refractivity contribution in [2.45, 2.75) is 6.92 Å². The monoisotopic (exact) mass is 227 g/mol. The second-order valence-corrected chi connectivity index (χ2v) is 2.98. The average Bonchev–Trinajstić information content (AvgIpc) is 2.05. The lowest BCUT2D eigenvalue weighted by Crippen LogP contribution is -2.07. The van der Waals surface area contributed by atoms with E-state index in [1.807, 2.05) is 0 Å². The molecule has 0 aromatic carbocycles. The molecule has 1 aliphatic rings. The highest BCUT2D eigenvalue weighted by atomic mass is 79.9. The Bertz CT molecular complexity index is 274. The molecule has 0 heterocycles. The van der Waals surface area contributed by atoms with Gasteiger partial charge in [-0.2, -0.15) is 0 Å². The van der Waals surface area contributed by atoms with Gasteiger partial charge in [0, 0.05) is 6.08 Å². The van der Waals surface area contributed by atoms with Crippen molar-refractivity contribution in [1.29, 1.82) is 0 Å². The van der Waals surface area contributed by atoms with Crippen molar-refractivity contribution in [2.24, 2.45) is 0 Å². The molecule has 0 aromatic heterocycles. The highest BCUT2D eigenvalue weighted by Gasteiger charge is 2.20. The van der Waals surface area contributed by atoms with Gasteiger partial charge in [0.1, 0.15) is 16.6 Å². The van der Waals surface area contributed by atoms with Crippen LogP contribution in [0.15, 0.2) is 28.3 Å². The van der Waals surface area contributed by atoms with Gasteiger partial charge in [-0.15, -0.1) is 0 Å². The first-order chi connectivity index (χ1) is 5.75. The van der Waals surface area contributed by atoms with Crippen molar-refractivity contribution in [2.75, 3.05) is 6.61 Å². The van der Waals surface area contributed by atoms with E-state index in [0.29, 0.717) is 12.2 Å². The molecule has 2 nitrogen and oxygen atoms in total. The summed E-state index contributed by atoms with van der Waals surface area (Å²) in [6, 6.07) is 0. The Balaban J connectivity index is 2.81. The number of allylic oxidation sites excluding steroid dienone is 4. The third-order valence-corrected chi connectivity index (χ3v) is 2.00. The fraction of sp³-hybridized carbons (Fsp3) is 0.222. The van der Waals surface area contributed by atoms with Gasteiger partial charge in [0.25, 0.3) is 0 Å². The minimum atomic E-state index is -0.318. The molecule has 0 saturated carbocycles. The number of esters is 1. The van der Waals surface area contributed by atoms with Gasteiger partial charge in [-0.25, -0.2) is 4.79 Å². The maximum atomic E-state index is 11.2. The van der Waals surface area contributed by atoms with E-state index in [1.54, 1.807) is 25.2 Å². The number of hydrogen-bond acceptors (Lipinski definition) is 2. The van der Waals surface area contributed by atoms with Gasteiger partial charge in [-0.1, -0.05) is 0 Å². The molecule has 0 amide bonds. The maximum Gasteiger partial charge on any atom is 0.398 e. The van der Waals surface area contributed by atoms with E-state index in [-0.39, 0.29) is 5.97 Å². The number of ether oxygens (including phenoxy) is 1. The van der Waals surface area contributed by atoms with Crippen molar-refractivity contribution in [3.05, 3.63) is 34.4 Å². The van der Waals surface area contributed by atoms with Crippen molar-refractivity contribution in [3.63, 3.8) is 0 Å². The predicted molar refractivity (Wildman–Crippen MR) is 49.5 cm³/mol. The molecule has 12 heavy (non-hydrogen) atoms. The summed E-state index contributed by atoms with van der Waals surface area (Å²) in [5.74, 6) is -0.318. The van der Waals surface area contributed by atoms with Crippen LogP contribution in [0.2, 0.25) is 0 Å². The lowest BCUT2D eigenvalue weighted by molar-refractivity contribution is -0.138. The number of carbonyl (C=O) groups is 1. The molecule has 3 heteroatoms. The SMILES string of the molecule is CCOC(=O)C1=C(Br)C=C[C+]=C1. The molecule has 0 saturated heterocycles. The first kappa shape index (κ1) is 9.17. The first-order valence-electron chi connectivity index (χ1n) is 3.58. The normalized spacial score (nSPS) is 14.5. The molecule has 62 valence electrons. The number of halogens is 1. The van der Waals surface area contributed by atoms with Crippen LogP contribution in [-0.2, 0) is 9.53 Å². The summed E-state index contributed by atoms with van der Waals surface area (Å²) in [5, 5.41) is 0. The van der Waals surface area contributed by atoms with Crippen LogP contribution >= 0.6 is 15.9 Å². The van der Waals surface area contributed by atoms with E-state index in [9.17, 15) is 4.79 Å². The lowest BCUT2D eigenvalue weighted by Gasteiger charge is -1.98. The summed E-state index contributed by atoms with van der Waals surface area (Å²) in [5.41, 5.74) is 0.513. The van der Waals surface area contributed by atoms with Crippen LogP contribution in [0.1, 0.15) is 6.92 Å². The second kappa shape index (κ2) is 4.19.